The van der Waals surface area contributed by atoms with E-state index in [-0.39, 0.29) is 0 Å². The third kappa shape index (κ3) is 2760. The lowest BCUT2D eigenvalue weighted by atomic mass is 10.0. The molecule has 0 heteroatoms. The molecule has 0 bridgehead atoms. The topological polar surface area (TPSA) is 0 Å². The van der Waals surface area contributed by atoms with Crippen molar-refractivity contribution in [3.05, 3.63) is 38.0 Å². The van der Waals surface area contributed by atoms with Crippen LogP contribution >= 0.6 is 0 Å². The van der Waals surface area contributed by atoms with Crippen LogP contribution in [-0.2, 0) is 0 Å². The lowest BCUT2D eigenvalue weighted by Crippen LogP contribution is -1.93. The van der Waals surface area contributed by atoms with Gasteiger partial charge in [0.15, 0.2) is 0 Å². The van der Waals surface area contributed by atoms with E-state index in [4.69, 9.17) is 0 Å². The molecule has 0 atom stereocenters. The van der Waals surface area contributed by atoms with Crippen LogP contribution in [0.3, 0.4) is 0 Å². The minimum Gasteiger partial charge on any atom is -0.120 e. The second kappa shape index (κ2) is 49.6. The van der Waals surface area contributed by atoms with Crippen LogP contribution < -0.4 is 0 Å². The molecule has 0 unspecified atom stereocenters. The summed E-state index contributed by atoms with van der Waals surface area (Å²) in [4.78, 5) is 0. The predicted octanol–water partition coefficient (Wildman–Crippen LogP) is 8.57. The van der Waals surface area contributed by atoms with Gasteiger partial charge < -0.3 is 0 Å². The van der Waals surface area contributed by atoms with Crippen LogP contribution in [0.4, 0.5) is 0 Å². The lowest BCUT2D eigenvalue weighted by molar-refractivity contribution is 0.469. The van der Waals surface area contributed by atoms with Crippen molar-refractivity contribution in [3.8, 4) is 24.7 Å². The molecule has 0 N–H and O–H groups in total. The predicted molar refractivity (Wildman–Crippen MR) is 122 cm³/mol. The summed E-state index contributed by atoms with van der Waals surface area (Å²) in [6.45, 7) is 37.3. The molecule has 0 saturated heterocycles. The highest BCUT2D eigenvalue weighted by Gasteiger charge is 1.95. The average molecular weight is 337 g/mol. The highest BCUT2D eigenvalue weighted by Crippen LogP contribution is 2.08. The summed E-state index contributed by atoms with van der Waals surface area (Å²) in [6.07, 6.45) is 10.9. The number of rotatable bonds is 0. The van der Waals surface area contributed by atoms with E-state index in [1.54, 1.807) is 19.9 Å². The smallest absolute Gasteiger partial charge is 0.00297 e. The second-order valence-corrected chi connectivity index (χ2v) is 6.92. The first-order valence-corrected chi connectivity index (χ1v) is 8.15. The summed E-state index contributed by atoms with van der Waals surface area (Å²) < 4.78 is 0. The van der Waals surface area contributed by atoms with Crippen molar-refractivity contribution >= 4 is 0 Å². The Labute approximate surface area is 157 Å². The van der Waals surface area contributed by atoms with Gasteiger partial charge in [-0.05, 0) is 46.0 Å². The van der Waals surface area contributed by atoms with Gasteiger partial charge in [0, 0.05) is 0 Å². The summed E-state index contributed by atoms with van der Waals surface area (Å²) in [5.74, 6) is 5.33. The second-order valence-electron chi connectivity index (χ2n) is 6.92. The summed E-state index contributed by atoms with van der Waals surface area (Å²) in [5.41, 5.74) is 1.67. The van der Waals surface area contributed by atoms with E-state index in [2.05, 4.69) is 99.5 Å². The zero-order valence-corrected chi connectivity index (χ0v) is 19.1. The Hall–Kier alpha value is -1.66. The van der Waals surface area contributed by atoms with Crippen molar-refractivity contribution in [2.24, 2.45) is 11.3 Å². The van der Waals surface area contributed by atoms with E-state index < -0.39 is 0 Å². The third-order valence-corrected chi connectivity index (χ3v) is 0. The van der Waals surface area contributed by atoms with Crippen LogP contribution in [-0.4, -0.2) is 0 Å². The fraction of sp³-hybridized carbons (Fsp3) is 0.583. The normalized spacial score (nSPS) is 6.46. The van der Waals surface area contributed by atoms with E-state index in [0.717, 1.165) is 5.92 Å². The van der Waals surface area contributed by atoms with Crippen LogP contribution in [0, 0.1) is 36.0 Å². The van der Waals surface area contributed by atoms with Gasteiger partial charge in [-0.15, -0.1) is 51.0 Å². The largest absolute Gasteiger partial charge is 0.120 e. The molecule has 0 radical (unpaired) electrons. The van der Waals surface area contributed by atoms with Crippen LogP contribution in [0.5, 0.6) is 0 Å². The summed E-state index contributed by atoms with van der Waals surface area (Å²) in [5, 5.41) is 0. The monoisotopic (exact) mass is 336 g/mol. The molecule has 0 spiro atoms. The molecule has 0 aliphatic rings. The number of terminal acetylenes is 2. The fourth-order valence-electron chi connectivity index (χ4n) is 0. The standard InChI is InChI=1S/C5H12.C4H10.C4H8.C3H6.2C3H4.C2H4/c1-5(2,3)4;2*1-4(2)3;3*1-3-2;1-2/h1-4H3;4H,1-3H3;1H2,2-3H3;3H,1H2,2H3;2*1H,2H3;1-2H2. The number of allylic oxidation sites excluding steroid dienone is 2. The number of hydrogen-bond acceptors (Lipinski definition) is 0. The van der Waals surface area contributed by atoms with Gasteiger partial charge in [0.25, 0.3) is 0 Å². The van der Waals surface area contributed by atoms with E-state index in [0.29, 0.717) is 5.41 Å². The summed E-state index contributed by atoms with van der Waals surface area (Å²) >= 11 is 0. The minimum atomic E-state index is 0.500. The molecule has 0 aliphatic heterocycles. The van der Waals surface area contributed by atoms with Gasteiger partial charge >= 0.3 is 0 Å². The average Bonchev–Trinajstić information content (AvgIpc) is 2.30. The van der Waals surface area contributed by atoms with Crippen molar-refractivity contribution in [1.29, 1.82) is 0 Å². The SMILES string of the molecule is C#CC.C#CC.C=C.C=C(C)C.C=CC.CC(C)(C)C.CC(C)C. The van der Waals surface area contributed by atoms with E-state index in [1.165, 1.54) is 5.57 Å². The van der Waals surface area contributed by atoms with Crippen molar-refractivity contribution < 1.29 is 0 Å². The van der Waals surface area contributed by atoms with Gasteiger partial charge in [-0.25, -0.2) is 0 Å². The first-order chi connectivity index (χ1) is 10.7. The first-order valence-electron chi connectivity index (χ1n) is 8.15. The molecule has 0 aromatic rings. The van der Waals surface area contributed by atoms with Crippen molar-refractivity contribution in [1.82, 2.24) is 0 Å². The van der Waals surface area contributed by atoms with Gasteiger partial charge in [0.2, 0.25) is 0 Å². The van der Waals surface area contributed by atoms with Crippen molar-refractivity contribution in [3.63, 3.8) is 0 Å². The Morgan fingerprint density at radius 3 is 0.917 bits per heavy atom. The summed E-state index contributed by atoms with van der Waals surface area (Å²) in [7, 11) is 0. The van der Waals surface area contributed by atoms with E-state index in [9.17, 15) is 0 Å². The molecule has 0 aromatic heterocycles. The molecule has 0 rings (SSSR count). The maximum atomic E-state index is 4.60. The quantitative estimate of drug-likeness (QED) is 0.307. The van der Waals surface area contributed by atoms with Crippen LogP contribution in [0.15, 0.2) is 38.0 Å². The van der Waals surface area contributed by atoms with Gasteiger partial charge in [0.05, 0.1) is 0 Å². The zero-order chi connectivity index (χ0) is 21.8. The molecule has 0 aromatic carbocycles. The molecule has 0 aliphatic carbocycles. The molecular weight excluding hydrogens is 288 g/mol. The van der Waals surface area contributed by atoms with Gasteiger partial charge in [-0.3, -0.25) is 0 Å². The fourth-order valence-corrected chi connectivity index (χ4v) is 0. The van der Waals surface area contributed by atoms with Gasteiger partial charge in [-0.1, -0.05) is 60.1 Å². The van der Waals surface area contributed by atoms with Crippen LogP contribution in [0.1, 0.15) is 83.1 Å². The van der Waals surface area contributed by atoms with Crippen LogP contribution in [0.2, 0.25) is 0 Å². The highest BCUT2D eigenvalue weighted by molar-refractivity contribution is 4.78. The third-order valence-electron chi connectivity index (χ3n) is 0. The van der Waals surface area contributed by atoms with Crippen molar-refractivity contribution in [2.75, 3.05) is 0 Å². The Balaban J connectivity index is -0.0000000286. The molecule has 0 saturated carbocycles. The highest BCUT2D eigenvalue weighted by atomic mass is 14.0. The Bertz CT molecular complexity index is 246. The first kappa shape index (κ1) is 43.2. The zero-order valence-electron chi connectivity index (χ0n) is 19.1. The molecule has 24 heavy (non-hydrogen) atoms. The van der Waals surface area contributed by atoms with E-state index in [1.807, 2.05) is 20.8 Å². The maximum absolute atomic E-state index is 4.60. The maximum Gasteiger partial charge on any atom is -0.00297 e. The molecule has 0 amide bonds. The molecule has 0 nitrogen and oxygen atoms in total. The molecule has 144 valence electrons. The van der Waals surface area contributed by atoms with Crippen molar-refractivity contribution in [2.45, 2.75) is 83.1 Å². The number of hydrogen-bond donors (Lipinski definition) is 0. The van der Waals surface area contributed by atoms with Crippen LogP contribution in [0.25, 0.3) is 0 Å². The Morgan fingerprint density at radius 1 is 0.917 bits per heavy atom. The summed E-state index contributed by atoms with van der Waals surface area (Å²) in [6, 6.07) is 0. The Kier molecular flexibility index (Phi) is 89.4. The lowest BCUT2D eigenvalue weighted by Gasteiger charge is -2.05. The minimum absolute atomic E-state index is 0.500. The Morgan fingerprint density at radius 2 is 0.917 bits per heavy atom. The molecule has 0 fully saturated rings. The van der Waals surface area contributed by atoms with Gasteiger partial charge in [0.1, 0.15) is 0 Å². The van der Waals surface area contributed by atoms with Gasteiger partial charge in [-0.2, -0.15) is 0 Å². The van der Waals surface area contributed by atoms with E-state index >= 15 is 0 Å². The molecule has 0 heterocycles. The molecular formula is C24H48.